The van der Waals surface area contributed by atoms with Crippen LogP contribution in [0.25, 0.3) is 10.1 Å². The number of aliphatic hydroxyl groups is 1. The van der Waals surface area contributed by atoms with Crippen molar-refractivity contribution in [1.82, 2.24) is 5.32 Å². The highest BCUT2D eigenvalue weighted by atomic mass is 32.2. The molecule has 0 aliphatic heterocycles. The van der Waals surface area contributed by atoms with E-state index in [1.165, 1.54) is 11.3 Å². The topological polar surface area (TPSA) is 69.6 Å². The Morgan fingerprint density at radius 3 is 2.86 bits per heavy atom. The molecular weight excluding hydrogens is 306 g/mol. The van der Waals surface area contributed by atoms with Gasteiger partial charge < -0.3 is 15.5 Å². The Morgan fingerprint density at radius 2 is 2.10 bits per heavy atom. The van der Waals surface area contributed by atoms with Crippen LogP contribution in [0.2, 0.25) is 0 Å². The van der Waals surface area contributed by atoms with Gasteiger partial charge in [0.1, 0.15) is 4.88 Å². The first kappa shape index (κ1) is 16.3. The predicted molar refractivity (Wildman–Crippen MR) is 89.5 cm³/mol. The summed E-state index contributed by atoms with van der Waals surface area (Å²) >= 11 is 3.13. The van der Waals surface area contributed by atoms with Crippen LogP contribution in [0.15, 0.2) is 24.3 Å². The molecule has 0 unspecified atom stereocenters. The van der Waals surface area contributed by atoms with Crippen molar-refractivity contribution in [2.45, 2.75) is 13.0 Å². The van der Waals surface area contributed by atoms with Crippen molar-refractivity contribution in [3.63, 3.8) is 0 Å². The maximum atomic E-state index is 11.4. The summed E-state index contributed by atoms with van der Waals surface area (Å²) in [6.45, 7) is 1.65. The molecule has 1 aromatic carbocycles. The zero-order valence-corrected chi connectivity index (χ0v) is 13.3. The van der Waals surface area contributed by atoms with Crippen LogP contribution in [0, 0.1) is 0 Å². The molecule has 0 fully saturated rings. The van der Waals surface area contributed by atoms with Gasteiger partial charge in [0.15, 0.2) is 0 Å². The van der Waals surface area contributed by atoms with Crippen LogP contribution in [0.3, 0.4) is 0 Å². The molecule has 0 amide bonds. The molecular formula is C15H19NO3S2. The van der Waals surface area contributed by atoms with E-state index >= 15 is 0 Å². The maximum absolute atomic E-state index is 11.4. The van der Waals surface area contributed by atoms with Gasteiger partial charge in [-0.3, -0.25) is 0 Å². The fourth-order valence-corrected chi connectivity index (χ4v) is 3.96. The maximum Gasteiger partial charge on any atom is 0.346 e. The SMILES string of the molecule is O=C(O)c1sc2ccccc2c1CNCCSCCCO. The normalized spacial score (nSPS) is 11.1. The number of rotatable bonds is 9. The first-order chi connectivity index (χ1) is 10.2. The van der Waals surface area contributed by atoms with Gasteiger partial charge in [0.05, 0.1) is 0 Å². The van der Waals surface area contributed by atoms with Gasteiger partial charge in [-0.25, -0.2) is 4.79 Å². The van der Waals surface area contributed by atoms with Crippen LogP contribution in [-0.4, -0.2) is 40.8 Å². The molecule has 0 atom stereocenters. The fourth-order valence-electron chi connectivity index (χ4n) is 2.07. The number of thiophene rings is 1. The molecule has 3 N–H and O–H groups in total. The Labute approximate surface area is 132 Å². The Hall–Kier alpha value is -1.08. The number of fused-ring (bicyclic) bond motifs is 1. The summed E-state index contributed by atoms with van der Waals surface area (Å²) in [4.78, 5) is 11.8. The van der Waals surface area contributed by atoms with E-state index in [2.05, 4.69) is 5.32 Å². The van der Waals surface area contributed by atoms with E-state index in [0.717, 1.165) is 40.1 Å². The lowest BCUT2D eigenvalue weighted by Crippen LogP contribution is -2.18. The second-order valence-corrected chi connectivity index (χ2v) is 6.85. The zero-order chi connectivity index (χ0) is 15.1. The van der Waals surface area contributed by atoms with E-state index in [0.29, 0.717) is 11.4 Å². The predicted octanol–water partition coefficient (Wildman–Crippen LogP) is 2.80. The van der Waals surface area contributed by atoms with Gasteiger partial charge in [0.25, 0.3) is 0 Å². The minimum absolute atomic E-state index is 0.239. The molecule has 0 saturated heterocycles. The zero-order valence-electron chi connectivity index (χ0n) is 11.7. The lowest BCUT2D eigenvalue weighted by Gasteiger charge is -2.05. The summed E-state index contributed by atoms with van der Waals surface area (Å²) in [5, 5.41) is 22.4. The molecule has 4 nitrogen and oxygen atoms in total. The minimum atomic E-state index is -0.856. The Bertz CT molecular complexity index is 598. The quantitative estimate of drug-likeness (QED) is 0.619. The number of carbonyl (C=O) groups is 1. The van der Waals surface area contributed by atoms with Gasteiger partial charge in [-0.2, -0.15) is 11.8 Å². The number of nitrogens with one attached hydrogen (secondary N) is 1. The van der Waals surface area contributed by atoms with Gasteiger partial charge in [0, 0.05) is 30.1 Å². The van der Waals surface area contributed by atoms with E-state index in [1.54, 1.807) is 11.8 Å². The molecule has 1 heterocycles. The molecule has 21 heavy (non-hydrogen) atoms. The van der Waals surface area contributed by atoms with Crippen molar-refractivity contribution < 1.29 is 15.0 Å². The van der Waals surface area contributed by atoms with Crippen molar-refractivity contribution in [3.05, 3.63) is 34.7 Å². The van der Waals surface area contributed by atoms with E-state index < -0.39 is 5.97 Å². The number of aliphatic hydroxyl groups excluding tert-OH is 1. The number of aromatic carboxylic acids is 1. The van der Waals surface area contributed by atoms with Crippen molar-refractivity contribution in [3.8, 4) is 0 Å². The third-order valence-electron chi connectivity index (χ3n) is 3.06. The number of benzene rings is 1. The van der Waals surface area contributed by atoms with Crippen molar-refractivity contribution in [2.24, 2.45) is 0 Å². The molecule has 0 saturated carbocycles. The smallest absolute Gasteiger partial charge is 0.346 e. The van der Waals surface area contributed by atoms with Crippen LogP contribution in [0.5, 0.6) is 0 Å². The van der Waals surface area contributed by atoms with Gasteiger partial charge in [-0.1, -0.05) is 18.2 Å². The van der Waals surface area contributed by atoms with Crippen molar-refractivity contribution in [2.75, 3.05) is 24.7 Å². The first-order valence-electron chi connectivity index (χ1n) is 6.87. The molecule has 0 aliphatic rings. The number of carboxylic acids is 1. The highest BCUT2D eigenvalue weighted by molar-refractivity contribution is 7.99. The number of hydrogen-bond acceptors (Lipinski definition) is 5. The number of thioether (sulfide) groups is 1. The third kappa shape index (κ3) is 4.44. The summed E-state index contributed by atoms with van der Waals surface area (Å²) in [6.07, 6.45) is 0.822. The van der Waals surface area contributed by atoms with E-state index in [-0.39, 0.29) is 6.61 Å². The standard InChI is InChI=1S/C15H19NO3S2/c17-7-3-8-20-9-6-16-10-12-11-4-1-2-5-13(11)21-14(12)15(18)19/h1-2,4-5,16-17H,3,6-10H2,(H,18,19). The Kier molecular flexibility index (Phi) is 6.50. The molecule has 6 heteroatoms. The number of hydrogen-bond donors (Lipinski definition) is 3. The summed E-state index contributed by atoms with van der Waals surface area (Å²) in [5.41, 5.74) is 0.878. The van der Waals surface area contributed by atoms with Crippen LogP contribution in [0.4, 0.5) is 0 Å². The lowest BCUT2D eigenvalue weighted by molar-refractivity contribution is 0.0701. The van der Waals surface area contributed by atoms with Gasteiger partial charge in [-0.15, -0.1) is 11.3 Å². The Balaban J connectivity index is 1.94. The van der Waals surface area contributed by atoms with Crippen molar-refractivity contribution in [1.29, 1.82) is 0 Å². The average Bonchev–Trinajstić information content (AvgIpc) is 2.85. The molecule has 1 aromatic heterocycles. The Morgan fingerprint density at radius 1 is 1.29 bits per heavy atom. The average molecular weight is 325 g/mol. The lowest BCUT2D eigenvalue weighted by atomic mass is 10.1. The molecule has 114 valence electrons. The van der Waals surface area contributed by atoms with Crippen LogP contribution in [0.1, 0.15) is 21.7 Å². The summed E-state index contributed by atoms with van der Waals surface area (Å²) in [5.74, 6) is 1.06. The van der Waals surface area contributed by atoms with E-state index in [9.17, 15) is 9.90 Å². The molecule has 0 bridgehead atoms. The number of carboxylic acid groups (broad SMARTS) is 1. The summed E-state index contributed by atoms with van der Waals surface area (Å²) < 4.78 is 1.02. The second-order valence-electron chi connectivity index (χ2n) is 4.58. The van der Waals surface area contributed by atoms with E-state index in [4.69, 9.17) is 5.11 Å². The molecule has 0 spiro atoms. The summed E-state index contributed by atoms with van der Waals surface area (Å²) in [7, 11) is 0. The van der Waals surface area contributed by atoms with Crippen molar-refractivity contribution >= 4 is 39.2 Å². The van der Waals surface area contributed by atoms with E-state index in [1.807, 2.05) is 24.3 Å². The molecule has 0 radical (unpaired) electrons. The van der Waals surface area contributed by atoms with Crippen LogP contribution >= 0.6 is 23.1 Å². The highest BCUT2D eigenvalue weighted by Crippen LogP contribution is 2.31. The van der Waals surface area contributed by atoms with Crippen LogP contribution in [-0.2, 0) is 6.54 Å². The highest BCUT2D eigenvalue weighted by Gasteiger charge is 2.16. The summed E-state index contributed by atoms with van der Waals surface area (Å²) in [6, 6.07) is 7.81. The molecule has 2 aromatic rings. The second kappa shape index (κ2) is 8.38. The molecule has 0 aliphatic carbocycles. The van der Waals surface area contributed by atoms with Gasteiger partial charge in [-0.05, 0) is 29.2 Å². The monoisotopic (exact) mass is 325 g/mol. The van der Waals surface area contributed by atoms with Crippen LogP contribution < -0.4 is 5.32 Å². The minimum Gasteiger partial charge on any atom is -0.477 e. The third-order valence-corrected chi connectivity index (χ3v) is 5.34. The molecule has 2 rings (SSSR count). The first-order valence-corrected chi connectivity index (χ1v) is 8.84. The largest absolute Gasteiger partial charge is 0.477 e. The van der Waals surface area contributed by atoms with Gasteiger partial charge in [0.2, 0.25) is 0 Å². The van der Waals surface area contributed by atoms with Gasteiger partial charge >= 0.3 is 5.97 Å². The fraction of sp³-hybridized carbons (Fsp3) is 0.400.